The standard InChI is InChI=1S/C8H7N3/c9-7-2-1-3-8-6(7)4-10-5-11-8/h1,3-5,9H,2H2. The van der Waals surface area contributed by atoms with Crippen molar-refractivity contribution < 1.29 is 0 Å². The number of allylic oxidation sites excluding steroid dienone is 1. The molecule has 1 N–H and O–H groups in total. The molecule has 0 unspecified atom stereocenters. The Bertz CT molecular complexity index is 328. The van der Waals surface area contributed by atoms with Crippen LogP contribution < -0.4 is 0 Å². The Kier molecular flexibility index (Phi) is 1.28. The summed E-state index contributed by atoms with van der Waals surface area (Å²) in [5.41, 5.74) is 2.31. The van der Waals surface area contributed by atoms with Crippen LogP contribution in [0, 0.1) is 5.41 Å². The smallest absolute Gasteiger partial charge is 0.116 e. The van der Waals surface area contributed by atoms with Crippen molar-refractivity contribution in [2.24, 2.45) is 0 Å². The van der Waals surface area contributed by atoms with Crippen LogP contribution in [-0.2, 0) is 0 Å². The molecule has 1 heterocycles. The first-order valence-corrected chi connectivity index (χ1v) is 3.42. The van der Waals surface area contributed by atoms with E-state index in [9.17, 15) is 0 Å². The summed E-state index contributed by atoms with van der Waals surface area (Å²) in [7, 11) is 0. The maximum atomic E-state index is 7.54. The molecule has 0 fully saturated rings. The van der Waals surface area contributed by atoms with Crippen molar-refractivity contribution in [2.45, 2.75) is 6.42 Å². The van der Waals surface area contributed by atoms with Gasteiger partial charge in [-0.1, -0.05) is 6.08 Å². The minimum atomic E-state index is 0.600. The Hall–Kier alpha value is -1.51. The summed E-state index contributed by atoms with van der Waals surface area (Å²) in [5.74, 6) is 0. The summed E-state index contributed by atoms with van der Waals surface area (Å²) < 4.78 is 0. The lowest BCUT2D eigenvalue weighted by Gasteiger charge is -2.07. The SMILES string of the molecule is N=C1CC=Cc2ncncc21. The monoisotopic (exact) mass is 145 g/mol. The number of hydrogen-bond donors (Lipinski definition) is 1. The maximum Gasteiger partial charge on any atom is 0.116 e. The van der Waals surface area contributed by atoms with E-state index in [1.165, 1.54) is 6.33 Å². The molecule has 0 aromatic carbocycles. The molecule has 1 aliphatic rings. The molecule has 0 atom stereocenters. The summed E-state index contributed by atoms with van der Waals surface area (Å²) >= 11 is 0. The highest BCUT2D eigenvalue weighted by atomic mass is 14.8. The van der Waals surface area contributed by atoms with Gasteiger partial charge in [0, 0.05) is 23.9 Å². The van der Waals surface area contributed by atoms with Gasteiger partial charge in [0.2, 0.25) is 0 Å². The number of nitrogens with one attached hydrogen (secondary N) is 1. The number of hydrogen-bond acceptors (Lipinski definition) is 3. The Labute approximate surface area is 64.3 Å². The molecule has 1 aromatic heterocycles. The second kappa shape index (κ2) is 2.27. The maximum absolute atomic E-state index is 7.54. The zero-order valence-corrected chi connectivity index (χ0v) is 5.91. The summed E-state index contributed by atoms with van der Waals surface area (Å²) in [6.07, 6.45) is 7.75. The normalized spacial score (nSPS) is 14.7. The van der Waals surface area contributed by atoms with Gasteiger partial charge in [-0.2, -0.15) is 0 Å². The van der Waals surface area contributed by atoms with Crippen LogP contribution >= 0.6 is 0 Å². The second-order valence-corrected chi connectivity index (χ2v) is 2.41. The van der Waals surface area contributed by atoms with E-state index < -0.39 is 0 Å². The third-order valence-electron chi connectivity index (χ3n) is 1.67. The summed E-state index contributed by atoms with van der Waals surface area (Å²) in [6.45, 7) is 0. The zero-order valence-electron chi connectivity index (χ0n) is 5.91. The molecular formula is C8H7N3. The van der Waals surface area contributed by atoms with Gasteiger partial charge in [-0.25, -0.2) is 9.97 Å². The van der Waals surface area contributed by atoms with Gasteiger partial charge < -0.3 is 5.41 Å². The molecule has 1 aromatic rings. The molecule has 3 heteroatoms. The molecule has 3 nitrogen and oxygen atoms in total. The Balaban J connectivity index is 2.63. The number of rotatable bonds is 0. The van der Waals surface area contributed by atoms with Gasteiger partial charge in [0.05, 0.1) is 5.69 Å². The van der Waals surface area contributed by atoms with Gasteiger partial charge >= 0.3 is 0 Å². The molecule has 0 spiro atoms. The first-order valence-electron chi connectivity index (χ1n) is 3.42. The molecule has 0 radical (unpaired) electrons. The predicted molar refractivity (Wildman–Crippen MR) is 42.5 cm³/mol. The van der Waals surface area contributed by atoms with E-state index in [0.29, 0.717) is 12.1 Å². The van der Waals surface area contributed by atoms with Crippen LogP contribution in [0.15, 0.2) is 18.6 Å². The summed E-state index contributed by atoms with van der Waals surface area (Å²) in [5, 5.41) is 7.54. The van der Waals surface area contributed by atoms with Crippen LogP contribution in [0.5, 0.6) is 0 Å². The van der Waals surface area contributed by atoms with Gasteiger partial charge in [-0.05, 0) is 6.08 Å². The highest BCUT2D eigenvalue weighted by Crippen LogP contribution is 2.14. The fourth-order valence-electron chi connectivity index (χ4n) is 1.10. The topological polar surface area (TPSA) is 49.6 Å². The molecule has 0 saturated heterocycles. The fraction of sp³-hybridized carbons (Fsp3) is 0.125. The molecule has 1 aliphatic carbocycles. The minimum Gasteiger partial charge on any atom is -0.304 e. The van der Waals surface area contributed by atoms with Crippen LogP contribution in [0.4, 0.5) is 0 Å². The van der Waals surface area contributed by atoms with Crippen molar-refractivity contribution in [3.63, 3.8) is 0 Å². The molecular weight excluding hydrogens is 138 g/mol. The van der Waals surface area contributed by atoms with Crippen LogP contribution in [0.1, 0.15) is 17.7 Å². The predicted octanol–water partition coefficient (Wildman–Crippen LogP) is 1.26. The quantitative estimate of drug-likeness (QED) is 0.597. The van der Waals surface area contributed by atoms with Gasteiger partial charge in [-0.3, -0.25) is 0 Å². The van der Waals surface area contributed by atoms with E-state index in [1.54, 1.807) is 6.20 Å². The third-order valence-corrected chi connectivity index (χ3v) is 1.67. The molecule has 0 aliphatic heterocycles. The van der Waals surface area contributed by atoms with Crippen LogP contribution in [-0.4, -0.2) is 15.7 Å². The van der Waals surface area contributed by atoms with Gasteiger partial charge in [0.1, 0.15) is 6.33 Å². The largest absolute Gasteiger partial charge is 0.304 e. The van der Waals surface area contributed by atoms with Crippen molar-refractivity contribution in [3.05, 3.63) is 29.9 Å². The fourth-order valence-corrected chi connectivity index (χ4v) is 1.10. The Morgan fingerprint density at radius 2 is 2.36 bits per heavy atom. The highest BCUT2D eigenvalue weighted by Gasteiger charge is 2.09. The van der Waals surface area contributed by atoms with E-state index in [-0.39, 0.29) is 0 Å². The van der Waals surface area contributed by atoms with E-state index in [4.69, 9.17) is 5.41 Å². The molecule has 0 saturated carbocycles. The summed E-state index contributed by atoms with van der Waals surface area (Å²) in [4.78, 5) is 7.89. The van der Waals surface area contributed by atoms with Crippen molar-refractivity contribution in [1.82, 2.24) is 9.97 Å². The van der Waals surface area contributed by atoms with Crippen molar-refractivity contribution >= 4 is 11.8 Å². The van der Waals surface area contributed by atoms with Gasteiger partial charge in [0.15, 0.2) is 0 Å². The van der Waals surface area contributed by atoms with E-state index in [0.717, 1.165) is 11.3 Å². The first-order chi connectivity index (χ1) is 5.38. The number of aromatic nitrogens is 2. The van der Waals surface area contributed by atoms with E-state index in [2.05, 4.69) is 9.97 Å². The Morgan fingerprint density at radius 1 is 1.45 bits per heavy atom. The molecule has 0 bridgehead atoms. The highest BCUT2D eigenvalue weighted by molar-refractivity contribution is 6.03. The lowest BCUT2D eigenvalue weighted by molar-refractivity contribution is 1.12. The van der Waals surface area contributed by atoms with Crippen LogP contribution in [0.2, 0.25) is 0 Å². The molecule has 54 valence electrons. The second-order valence-electron chi connectivity index (χ2n) is 2.41. The average molecular weight is 145 g/mol. The van der Waals surface area contributed by atoms with Crippen molar-refractivity contribution in [1.29, 1.82) is 5.41 Å². The van der Waals surface area contributed by atoms with Crippen molar-refractivity contribution in [2.75, 3.05) is 0 Å². The van der Waals surface area contributed by atoms with Gasteiger partial charge in [0.25, 0.3) is 0 Å². The van der Waals surface area contributed by atoms with Crippen LogP contribution in [0.25, 0.3) is 6.08 Å². The molecule has 2 rings (SSSR count). The van der Waals surface area contributed by atoms with Crippen LogP contribution in [0.3, 0.4) is 0 Å². The minimum absolute atomic E-state index is 0.600. The lowest BCUT2D eigenvalue weighted by atomic mass is 10.0. The summed E-state index contributed by atoms with van der Waals surface area (Å²) in [6, 6.07) is 0. The lowest BCUT2D eigenvalue weighted by Crippen LogP contribution is -2.06. The molecule has 11 heavy (non-hydrogen) atoms. The Morgan fingerprint density at radius 3 is 3.18 bits per heavy atom. The average Bonchev–Trinajstić information content (AvgIpc) is 2.06. The molecule has 0 amide bonds. The number of fused-ring (bicyclic) bond motifs is 1. The number of nitrogens with zero attached hydrogens (tertiary/aromatic N) is 2. The van der Waals surface area contributed by atoms with Gasteiger partial charge in [-0.15, -0.1) is 0 Å². The zero-order chi connectivity index (χ0) is 7.68. The first kappa shape index (κ1) is 6.22. The van der Waals surface area contributed by atoms with Crippen molar-refractivity contribution in [3.8, 4) is 0 Å². The van der Waals surface area contributed by atoms with E-state index >= 15 is 0 Å². The third kappa shape index (κ3) is 0.941. The van der Waals surface area contributed by atoms with E-state index in [1.807, 2.05) is 12.2 Å².